The Morgan fingerprint density at radius 3 is 2.43 bits per heavy atom. The molecule has 0 spiro atoms. The van der Waals surface area contributed by atoms with Crippen LogP contribution in [0.5, 0.6) is 0 Å². The van der Waals surface area contributed by atoms with Crippen molar-refractivity contribution in [3.8, 4) is 0 Å². The summed E-state index contributed by atoms with van der Waals surface area (Å²) in [5, 5.41) is 3.39. The van der Waals surface area contributed by atoms with E-state index in [9.17, 15) is 8.78 Å². The monoisotopic (exact) mass is 289 g/mol. The van der Waals surface area contributed by atoms with Gasteiger partial charge in [0.1, 0.15) is 11.6 Å². The highest BCUT2D eigenvalue weighted by molar-refractivity contribution is 5.24. The number of hydrogen-bond acceptors (Lipinski definition) is 1. The molecular weight excluding hydrogens is 268 g/mol. The largest absolute Gasteiger partial charge is 0.313 e. The number of benzene rings is 2. The van der Waals surface area contributed by atoms with Crippen LogP contribution in [-0.4, -0.2) is 12.6 Å². The fraction of sp³-hybridized carbons (Fsp3) is 0.333. The molecule has 0 bridgehead atoms. The molecule has 0 amide bonds. The first-order chi connectivity index (χ1) is 10.1. The third kappa shape index (κ3) is 4.11. The van der Waals surface area contributed by atoms with Crippen molar-refractivity contribution in [3.05, 3.63) is 71.3 Å². The minimum Gasteiger partial charge on any atom is -0.313 e. The van der Waals surface area contributed by atoms with Crippen LogP contribution >= 0.6 is 0 Å². The fourth-order valence-corrected chi connectivity index (χ4v) is 2.61. The number of likely N-dealkylation sites (N-methyl/N-ethyl adjacent to an activating group) is 1. The molecule has 3 heteroatoms. The average molecular weight is 289 g/mol. The smallest absolute Gasteiger partial charge is 0.126 e. The molecule has 1 nitrogen and oxygen atoms in total. The SMILES string of the molecule is CCNC(Cc1cc(F)ccc1F)C(C)c1ccccc1. The lowest BCUT2D eigenvalue weighted by atomic mass is 9.89. The van der Waals surface area contributed by atoms with Gasteiger partial charge in [-0.25, -0.2) is 8.78 Å². The van der Waals surface area contributed by atoms with Crippen LogP contribution in [0.2, 0.25) is 0 Å². The van der Waals surface area contributed by atoms with Gasteiger partial charge in [-0.15, -0.1) is 0 Å². The van der Waals surface area contributed by atoms with Gasteiger partial charge in [-0.05, 0) is 48.2 Å². The molecule has 1 N–H and O–H groups in total. The van der Waals surface area contributed by atoms with Crippen LogP contribution in [0.25, 0.3) is 0 Å². The van der Waals surface area contributed by atoms with Gasteiger partial charge < -0.3 is 5.32 Å². The maximum Gasteiger partial charge on any atom is 0.126 e. The predicted molar refractivity (Wildman–Crippen MR) is 82.4 cm³/mol. The summed E-state index contributed by atoms with van der Waals surface area (Å²) >= 11 is 0. The first-order valence-electron chi connectivity index (χ1n) is 7.34. The molecule has 0 heterocycles. The molecule has 2 rings (SSSR count). The van der Waals surface area contributed by atoms with Gasteiger partial charge in [-0.3, -0.25) is 0 Å². The third-order valence-electron chi connectivity index (χ3n) is 3.84. The van der Waals surface area contributed by atoms with E-state index in [1.165, 1.54) is 17.7 Å². The minimum atomic E-state index is -0.394. The van der Waals surface area contributed by atoms with Crippen molar-refractivity contribution in [2.24, 2.45) is 0 Å². The summed E-state index contributed by atoms with van der Waals surface area (Å²) in [7, 11) is 0. The van der Waals surface area contributed by atoms with Crippen molar-refractivity contribution >= 4 is 0 Å². The second kappa shape index (κ2) is 7.32. The van der Waals surface area contributed by atoms with Crippen LogP contribution in [-0.2, 0) is 6.42 Å². The Morgan fingerprint density at radius 1 is 1.05 bits per heavy atom. The molecule has 0 aliphatic carbocycles. The zero-order chi connectivity index (χ0) is 15.2. The highest BCUT2D eigenvalue weighted by atomic mass is 19.1. The van der Waals surface area contributed by atoms with Crippen molar-refractivity contribution in [2.75, 3.05) is 6.54 Å². The average Bonchev–Trinajstić information content (AvgIpc) is 2.50. The van der Waals surface area contributed by atoms with Gasteiger partial charge in [-0.1, -0.05) is 44.2 Å². The van der Waals surface area contributed by atoms with Crippen LogP contribution in [0.4, 0.5) is 8.78 Å². The van der Waals surface area contributed by atoms with Gasteiger partial charge in [0.25, 0.3) is 0 Å². The molecule has 0 aliphatic heterocycles. The van der Waals surface area contributed by atoms with E-state index in [-0.39, 0.29) is 17.8 Å². The molecule has 0 aliphatic rings. The molecule has 2 aromatic rings. The van der Waals surface area contributed by atoms with Crippen molar-refractivity contribution in [2.45, 2.75) is 32.2 Å². The zero-order valence-corrected chi connectivity index (χ0v) is 12.4. The summed E-state index contributed by atoms with van der Waals surface area (Å²) in [4.78, 5) is 0. The van der Waals surface area contributed by atoms with Crippen molar-refractivity contribution < 1.29 is 8.78 Å². The summed E-state index contributed by atoms with van der Waals surface area (Å²) in [5.74, 6) is -0.526. The number of hydrogen-bond donors (Lipinski definition) is 1. The number of halogens is 2. The number of nitrogens with one attached hydrogen (secondary N) is 1. The van der Waals surface area contributed by atoms with Gasteiger partial charge >= 0.3 is 0 Å². The quantitative estimate of drug-likeness (QED) is 0.836. The van der Waals surface area contributed by atoms with Gasteiger partial charge in [-0.2, -0.15) is 0 Å². The maximum absolute atomic E-state index is 13.8. The molecule has 0 fully saturated rings. The highest BCUT2D eigenvalue weighted by Gasteiger charge is 2.20. The third-order valence-corrected chi connectivity index (χ3v) is 3.84. The zero-order valence-electron chi connectivity index (χ0n) is 12.4. The van der Waals surface area contributed by atoms with Crippen LogP contribution in [0.15, 0.2) is 48.5 Å². The lowest BCUT2D eigenvalue weighted by Gasteiger charge is -2.25. The Kier molecular flexibility index (Phi) is 5.45. The van der Waals surface area contributed by atoms with Crippen LogP contribution in [0, 0.1) is 11.6 Å². The van der Waals surface area contributed by atoms with Crippen molar-refractivity contribution in [1.82, 2.24) is 5.32 Å². The van der Waals surface area contributed by atoms with Gasteiger partial charge in [0.15, 0.2) is 0 Å². The molecule has 0 saturated heterocycles. The van der Waals surface area contributed by atoms with E-state index in [4.69, 9.17) is 0 Å². The molecule has 0 radical (unpaired) electrons. The molecule has 112 valence electrons. The summed E-state index contributed by atoms with van der Waals surface area (Å²) in [5.41, 5.74) is 1.61. The fourth-order valence-electron chi connectivity index (χ4n) is 2.61. The van der Waals surface area contributed by atoms with Crippen molar-refractivity contribution in [3.63, 3.8) is 0 Å². The Bertz CT molecular complexity index is 569. The molecule has 2 aromatic carbocycles. The molecule has 0 aromatic heterocycles. The lowest BCUT2D eigenvalue weighted by molar-refractivity contribution is 0.448. The number of rotatable bonds is 6. The van der Waals surface area contributed by atoms with E-state index in [0.717, 1.165) is 12.6 Å². The van der Waals surface area contributed by atoms with E-state index in [2.05, 4.69) is 24.4 Å². The van der Waals surface area contributed by atoms with E-state index >= 15 is 0 Å². The molecule has 2 unspecified atom stereocenters. The minimum absolute atomic E-state index is 0.0636. The summed E-state index contributed by atoms with van der Waals surface area (Å²) in [6.45, 7) is 4.92. The maximum atomic E-state index is 13.8. The summed E-state index contributed by atoms with van der Waals surface area (Å²) in [6.07, 6.45) is 0.466. The molecule has 0 saturated carbocycles. The molecular formula is C18H21F2N. The Morgan fingerprint density at radius 2 is 1.76 bits per heavy atom. The Hall–Kier alpha value is -1.74. The van der Waals surface area contributed by atoms with E-state index < -0.39 is 5.82 Å². The first kappa shape index (κ1) is 15.6. The Balaban J connectivity index is 2.21. The normalized spacial score (nSPS) is 13.9. The van der Waals surface area contributed by atoms with E-state index in [1.54, 1.807) is 0 Å². The van der Waals surface area contributed by atoms with Gasteiger partial charge in [0, 0.05) is 6.04 Å². The summed E-state index contributed by atoms with van der Waals surface area (Å²) in [6, 6.07) is 13.8. The second-order valence-electron chi connectivity index (χ2n) is 5.30. The van der Waals surface area contributed by atoms with Gasteiger partial charge in [0.05, 0.1) is 0 Å². The van der Waals surface area contributed by atoms with Crippen molar-refractivity contribution in [1.29, 1.82) is 0 Å². The predicted octanol–water partition coefficient (Wildman–Crippen LogP) is 4.29. The van der Waals surface area contributed by atoms with Crippen LogP contribution in [0.1, 0.15) is 30.9 Å². The van der Waals surface area contributed by atoms with E-state index in [0.29, 0.717) is 12.0 Å². The lowest BCUT2D eigenvalue weighted by Crippen LogP contribution is -2.36. The van der Waals surface area contributed by atoms with Crippen LogP contribution < -0.4 is 5.32 Å². The topological polar surface area (TPSA) is 12.0 Å². The second-order valence-corrected chi connectivity index (χ2v) is 5.30. The van der Waals surface area contributed by atoms with E-state index in [1.807, 2.05) is 25.1 Å². The first-order valence-corrected chi connectivity index (χ1v) is 7.34. The van der Waals surface area contributed by atoms with Gasteiger partial charge in [0.2, 0.25) is 0 Å². The Labute approximate surface area is 125 Å². The van der Waals surface area contributed by atoms with Crippen LogP contribution in [0.3, 0.4) is 0 Å². The molecule has 2 atom stereocenters. The molecule has 21 heavy (non-hydrogen) atoms. The standard InChI is InChI=1S/C18H21F2N/c1-3-21-18(13(2)14-7-5-4-6-8-14)12-15-11-16(19)9-10-17(15)20/h4-11,13,18,21H,3,12H2,1-2H3. The highest BCUT2D eigenvalue weighted by Crippen LogP contribution is 2.23. The summed E-state index contributed by atoms with van der Waals surface area (Å²) < 4.78 is 27.2.